The number of hydrogen-bond acceptors (Lipinski definition) is 5. The highest BCUT2D eigenvalue weighted by Gasteiger charge is 2.24. The van der Waals surface area contributed by atoms with Crippen molar-refractivity contribution in [1.29, 1.82) is 0 Å². The summed E-state index contributed by atoms with van der Waals surface area (Å²) in [6.45, 7) is 6.28. The molecule has 1 rings (SSSR count). The number of ether oxygens (including phenoxy) is 1. The van der Waals surface area contributed by atoms with Gasteiger partial charge in [-0.05, 0) is 56.4 Å². The molecule has 1 aromatic rings. The smallest absolute Gasteiger partial charge is 0.343 e. The van der Waals surface area contributed by atoms with E-state index in [0.717, 1.165) is 12.3 Å². The van der Waals surface area contributed by atoms with E-state index in [1.165, 1.54) is 13.8 Å². The first kappa shape index (κ1) is 21.5. The summed E-state index contributed by atoms with van der Waals surface area (Å²) < 4.78 is 32.3. The summed E-state index contributed by atoms with van der Waals surface area (Å²) in [5.74, 6) is -3.44. The molecular formula is C17H20F2INO4. The molecule has 8 heteroatoms. The number of carbonyl (C=O) groups is 1. The van der Waals surface area contributed by atoms with Crippen LogP contribution in [0.4, 0.5) is 8.78 Å². The van der Waals surface area contributed by atoms with Crippen LogP contribution in [0, 0.1) is 15.2 Å². The Morgan fingerprint density at radius 1 is 1.40 bits per heavy atom. The lowest BCUT2D eigenvalue weighted by molar-refractivity contribution is -0.137. The molecule has 0 bridgehead atoms. The summed E-state index contributed by atoms with van der Waals surface area (Å²) >= 11 is 1.64. The van der Waals surface area contributed by atoms with Gasteiger partial charge in [-0.2, -0.15) is 0 Å². The molecular weight excluding hydrogens is 447 g/mol. The molecule has 0 radical (unpaired) electrons. The second-order valence-corrected chi connectivity index (χ2v) is 7.00. The Balaban J connectivity index is 3.44. The number of rotatable bonds is 6. The van der Waals surface area contributed by atoms with Crippen molar-refractivity contribution in [3.63, 3.8) is 0 Å². The number of esters is 1. The van der Waals surface area contributed by atoms with Gasteiger partial charge in [-0.1, -0.05) is 0 Å². The molecule has 0 aliphatic carbocycles. The highest BCUT2D eigenvalue weighted by molar-refractivity contribution is 14.1. The van der Waals surface area contributed by atoms with Crippen molar-refractivity contribution in [2.45, 2.75) is 39.3 Å². The monoisotopic (exact) mass is 467 g/mol. The van der Waals surface area contributed by atoms with Gasteiger partial charge in [0.1, 0.15) is 23.0 Å². The summed E-state index contributed by atoms with van der Waals surface area (Å²) in [6.07, 6.45) is 1.02. The lowest BCUT2D eigenvalue weighted by Crippen LogP contribution is -2.32. The fraction of sp³-hybridized carbons (Fsp3) is 0.412. The Morgan fingerprint density at radius 2 is 2.00 bits per heavy atom. The minimum absolute atomic E-state index is 0.0356. The van der Waals surface area contributed by atoms with E-state index in [4.69, 9.17) is 4.74 Å². The van der Waals surface area contributed by atoms with Crippen LogP contribution in [-0.2, 0) is 9.53 Å². The van der Waals surface area contributed by atoms with Crippen LogP contribution >= 0.6 is 22.6 Å². The number of hydrogen-bond donors (Lipinski definition) is 2. The summed E-state index contributed by atoms with van der Waals surface area (Å²) in [4.78, 5) is 16.1. The van der Waals surface area contributed by atoms with Gasteiger partial charge in [0.05, 0.1) is 23.8 Å². The number of carbonyl (C=O) groups excluding carboxylic acids is 1. The molecule has 0 aliphatic rings. The highest BCUT2D eigenvalue weighted by Crippen LogP contribution is 2.24. The van der Waals surface area contributed by atoms with Crippen LogP contribution < -0.4 is 0 Å². The summed E-state index contributed by atoms with van der Waals surface area (Å²) in [6, 6.07) is 1.09. The molecule has 0 aromatic heterocycles. The normalized spacial score (nSPS) is 14.4. The zero-order valence-corrected chi connectivity index (χ0v) is 16.5. The lowest BCUT2D eigenvalue weighted by atomic mass is 10.0. The minimum atomic E-state index is -1.16. The SMILES string of the molecule is CCOC(=O)/C(C=N[C@H](C)C(C)(C)O)=C(\O)c1cc(I)c(F)cc1F. The summed E-state index contributed by atoms with van der Waals surface area (Å²) in [5, 5.41) is 20.2. The largest absolute Gasteiger partial charge is 0.506 e. The van der Waals surface area contributed by atoms with E-state index in [-0.39, 0.29) is 21.3 Å². The number of aliphatic imine (C=N–C) groups is 1. The first-order valence-electron chi connectivity index (χ1n) is 7.49. The van der Waals surface area contributed by atoms with Crippen LogP contribution in [0.1, 0.15) is 33.3 Å². The molecule has 0 aliphatic heterocycles. The molecule has 0 heterocycles. The number of benzene rings is 1. The van der Waals surface area contributed by atoms with Crippen molar-refractivity contribution in [1.82, 2.24) is 0 Å². The molecule has 0 amide bonds. The molecule has 1 atom stereocenters. The lowest BCUT2D eigenvalue weighted by Gasteiger charge is -2.22. The van der Waals surface area contributed by atoms with E-state index in [1.807, 2.05) is 0 Å². The zero-order valence-electron chi connectivity index (χ0n) is 14.3. The van der Waals surface area contributed by atoms with E-state index in [1.54, 1.807) is 36.4 Å². The Morgan fingerprint density at radius 3 is 2.52 bits per heavy atom. The van der Waals surface area contributed by atoms with Crippen molar-refractivity contribution in [3.8, 4) is 0 Å². The number of aliphatic hydroxyl groups is 2. The molecule has 0 saturated carbocycles. The Bertz CT molecular complexity index is 711. The molecule has 5 nitrogen and oxygen atoms in total. The molecule has 25 heavy (non-hydrogen) atoms. The van der Waals surface area contributed by atoms with Gasteiger partial charge < -0.3 is 14.9 Å². The standard InChI is InChI=1S/C17H20F2INO4/c1-5-25-16(23)11(8-21-9(2)17(3,4)24)15(22)10-6-14(20)13(19)7-12(10)18/h6-9,22,24H,5H2,1-4H3/b15-11-,21-8?/t9-/m1/s1. The average Bonchev–Trinajstić information content (AvgIpc) is 2.50. The maximum absolute atomic E-state index is 14.0. The van der Waals surface area contributed by atoms with Crippen LogP contribution in [0.2, 0.25) is 0 Å². The van der Waals surface area contributed by atoms with E-state index < -0.39 is 35.0 Å². The Labute approximate surface area is 158 Å². The maximum atomic E-state index is 14.0. The number of aliphatic hydroxyl groups excluding tert-OH is 1. The van der Waals surface area contributed by atoms with Crippen LogP contribution in [0.5, 0.6) is 0 Å². The van der Waals surface area contributed by atoms with Gasteiger partial charge in [0, 0.05) is 15.9 Å². The summed E-state index contributed by atoms with van der Waals surface area (Å²) in [5.41, 5.74) is -1.90. The Kier molecular flexibility index (Phi) is 7.48. The Hall–Kier alpha value is -1.55. The van der Waals surface area contributed by atoms with Crippen LogP contribution in [-0.4, -0.2) is 40.6 Å². The fourth-order valence-electron chi connectivity index (χ4n) is 1.64. The van der Waals surface area contributed by atoms with Crippen LogP contribution in [0.25, 0.3) is 5.76 Å². The van der Waals surface area contributed by atoms with E-state index >= 15 is 0 Å². The van der Waals surface area contributed by atoms with E-state index in [9.17, 15) is 23.8 Å². The molecule has 0 fully saturated rings. The third-order valence-corrected chi connectivity index (χ3v) is 4.29. The van der Waals surface area contributed by atoms with Gasteiger partial charge in [-0.25, -0.2) is 13.6 Å². The predicted molar refractivity (Wildman–Crippen MR) is 99.5 cm³/mol. The van der Waals surface area contributed by atoms with E-state index in [0.29, 0.717) is 6.07 Å². The molecule has 0 saturated heterocycles. The molecule has 0 spiro atoms. The van der Waals surface area contributed by atoms with Gasteiger partial charge in [0.15, 0.2) is 0 Å². The quantitative estimate of drug-likeness (QED) is 0.167. The van der Waals surface area contributed by atoms with Gasteiger partial charge in [0.25, 0.3) is 0 Å². The first-order chi connectivity index (χ1) is 11.5. The van der Waals surface area contributed by atoms with Crippen molar-refractivity contribution >= 4 is 40.5 Å². The molecule has 138 valence electrons. The highest BCUT2D eigenvalue weighted by atomic mass is 127. The molecule has 0 unspecified atom stereocenters. The van der Waals surface area contributed by atoms with Crippen molar-refractivity contribution in [2.75, 3.05) is 6.61 Å². The predicted octanol–water partition coefficient (Wildman–Crippen LogP) is 3.63. The van der Waals surface area contributed by atoms with Crippen molar-refractivity contribution in [3.05, 3.63) is 38.5 Å². The van der Waals surface area contributed by atoms with Crippen LogP contribution in [0.3, 0.4) is 0 Å². The molecule has 2 N–H and O–H groups in total. The van der Waals surface area contributed by atoms with E-state index in [2.05, 4.69) is 4.99 Å². The number of halogens is 3. The fourth-order valence-corrected chi connectivity index (χ4v) is 2.10. The summed E-state index contributed by atoms with van der Waals surface area (Å²) in [7, 11) is 0. The third-order valence-electron chi connectivity index (χ3n) is 3.47. The second kappa shape index (κ2) is 8.70. The zero-order chi connectivity index (χ0) is 19.4. The average molecular weight is 467 g/mol. The van der Waals surface area contributed by atoms with Gasteiger partial charge in [-0.3, -0.25) is 4.99 Å². The van der Waals surface area contributed by atoms with Gasteiger partial charge in [-0.15, -0.1) is 0 Å². The topological polar surface area (TPSA) is 79.1 Å². The van der Waals surface area contributed by atoms with Gasteiger partial charge >= 0.3 is 5.97 Å². The van der Waals surface area contributed by atoms with Crippen molar-refractivity contribution < 1.29 is 28.5 Å². The molecule has 1 aromatic carbocycles. The van der Waals surface area contributed by atoms with Crippen LogP contribution in [0.15, 0.2) is 22.7 Å². The maximum Gasteiger partial charge on any atom is 0.343 e. The third kappa shape index (κ3) is 5.74. The minimum Gasteiger partial charge on any atom is -0.506 e. The van der Waals surface area contributed by atoms with Gasteiger partial charge in [0.2, 0.25) is 0 Å². The first-order valence-corrected chi connectivity index (χ1v) is 8.57. The van der Waals surface area contributed by atoms with Crippen molar-refractivity contribution in [2.24, 2.45) is 4.99 Å². The number of nitrogens with zero attached hydrogens (tertiary/aromatic N) is 1. The second-order valence-electron chi connectivity index (χ2n) is 5.84.